The van der Waals surface area contributed by atoms with Gasteiger partial charge in [-0.2, -0.15) is 0 Å². The van der Waals surface area contributed by atoms with Gasteiger partial charge in [-0.05, 0) is 42.0 Å². The Morgan fingerprint density at radius 3 is 2.29 bits per heavy atom. The van der Waals surface area contributed by atoms with Crippen molar-refractivity contribution in [3.8, 4) is 0 Å². The van der Waals surface area contributed by atoms with Crippen LogP contribution in [0.15, 0.2) is 54.6 Å². The van der Waals surface area contributed by atoms with Crippen LogP contribution in [0.25, 0.3) is 0 Å². The van der Waals surface area contributed by atoms with Crippen molar-refractivity contribution in [2.75, 3.05) is 13.7 Å². The highest BCUT2D eigenvalue weighted by Crippen LogP contribution is 2.15. The Kier molecular flexibility index (Phi) is 9.82. The summed E-state index contributed by atoms with van der Waals surface area (Å²) in [5.74, 6) is -0.134. The number of aliphatic hydroxyl groups is 1. The number of ether oxygens (including phenoxy) is 1. The summed E-state index contributed by atoms with van der Waals surface area (Å²) in [5.41, 5.74) is 1.82. The first-order chi connectivity index (χ1) is 14.8. The zero-order valence-electron chi connectivity index (χ0n) is 18.3. The topological polar surface area (TPSA) is 78.9 Å². The Labute approximate surface area is 189 Å². The Balaban J connectivity index is 2.01. The highest BCUT2D eigenvalue weighted by molar-refractivity contribution is 6.30. The first kappa shape index (κ1) is 24.7. The van der Waals surface area contributed by atoms with E-state index in [9.17, 15) is 14.7 Å². The van der Waals surface area contributed by atoms with Crippen LogP contribution < -0.4 is 5.32 Å². The highest BCUT2D eigenvalue weighted by Gasteiger charge is 2.30. The van der Waals surface area contributed by atoms with Gasteiger partial charge >= 0.3 is 6.09 Å². The molecular formula is C24H31ClN2O4. The van der Waals surface area contributed by atoms with Gasteiger partial charge < -0.3 is 15.2 Å². The SMILES string of the molecule is CC(C)C[C@H](C(=O)NC(CO)Cc1ccc(Cl)cc1)N(C)C(=O)OCc1ccccc1. The van der Waals surface area contributed by atoms with Crippen molar-refractivity contribution in [1.29, 1.82) is 0 Å². The molecule has 168 valence electrons. The summed E-state index contributed by atoms with van der Waals surface area (Å²) in [5, 5.41) is 13.3. The molecule has 2 aromatic rings. The lowest BCUT2D eigenvalue weighted by Gasteiger charge is -2.29. The molecule has 2 aromatic carbocycles. The molecule has 0 fully saturated rings. The van der Waals surface area contributed by atoms with Crippen LogP contribution in [0.3, 0.4) is 0 Å². The van der Waals surface area contributed by atoms with Crippen molar-refractivity contribution in [3.05, 3.63) is 70.7 Å². The molecule has 6 nitrogen and oxygen atoms in total. The first-order valence-electron chi connectivity index (χ1n) is 10.4. The number of rotatable bonds is 10. The number of hydrogen-bond donors (Lipinski definition) is 2. The Morgan fingerprint density at radius 2 is 1.71 bits per heavy atom. The van der Waals surface area contributed by atoms with Crippen LogP contribution in [-0.2, 0) is 22.6 Å². The van der Waals surface area contributed by atoms with Gasteiger partial charge in [0.05, 0.1) is 12.6 Å². The van der Waals surface area contributed by atoms with Gasteiger partial charge in [0, 0.05) is 12.1 Å². The molecule has 0 aromatic heterocycles. The lowest BCUT2D eigenvalue weighted by molar-refractivity contribution is -0.127. The maximum atomic E-state index is 13.0. The van der Waals surface area contributed by atoms with Gasteiger partial charge in [0.1, 0.15) is 12.6 Å². The molecule has 2 amide bonds. The number of carbonyl (C=O) groups is 2. The molecule has 1 unspecified atom stereocenters. The maximum absolute atomic E-state index is 13.0. The molecule has 0 spiro atoms. The number of benzene rings is 2. The summed E-state index contributed by atoms with van der Waals surface area (Å²) in [7, 11) is 1.56. The fraction of sp³-hybridized carbons (Fsp3) is 0.417. The number of nitrogens with one attached hydrogen (secondary N) is 1. The molecule has 0 aliphatic heterocycles. The second-order valence-electron chi connectivity index (χ2n) is 8.02. The minimum atomic E-state index is -0.706. The molecule has 0 aliphatic rings. The highest BCUT2D eigenvalue weighted by atomic mass is 35.5. The van der Waals surface area contributed by atoms with E-state index in [0.717, 1.165) is 11.1 Å². The van der Waals surface area contributed by atoms with Crippen LogP contribution in [0.4, 0.5) is 4.79 Å². The standard InChI is InChI=1S/C24H31ClN2O4/c1-17(2)13-22(27(3)24(30)31-16-19-7-5-4-6-8-19)23(29)26-21(15-28)14-18-9-11-20(25)12-10-18/h4-12,17,21-22,28H,13-16H2,1-3H3,(H,26,29)/t21?,22-/m1/s1. The number of hydrogen-bond acceptors (Lipinski definition) is 4. The van der Waals surface area contributed by atoms with Crippen LogP contribution in [0.1, 0.15) is 31.4 Å². The smallest absolute Gasteiger partial charge is 0.410 e. The second-order valence-corrected chi connectivity index (χ2v) is 8.45. The van der Waals surface area contributed by atoms with E-state index in [4.69, 9.17) is 16.3 Å². The van der Waals surface area contributed by atoms with Crippen LogP contribution in [0.2, 0.25) is 5.02 Å². The van der Waals surface area contributed by atoms with E-state index in [2.05, 4.69) is 5.32 Å². The molecule has 0 heterocycles. The molecule has 0 bridgehead atoms. The zero-order valence-corrected chi connectivity index (χ0v) is 19.0. The van der Waals surface area contributed by atoms with Crippen molar-refractivity contribution in [2.24, 2.45) is 5.92 Å². The molecule has 2 N–H and O–H groups in total. The normalized spacial score (nSPS) is 12.8. The van der Waals surface area contributed by atoms with Crippen molar-refractivity contribution in [3.63, 3.8) is 0 Å². The Hall–Kier alpha value is -2.57. The molecule has 2 atom stereocenters. The molecule has 2 rings (SSSR count). The van der Waals surface area contributed by atoms with Crippen molar-refractivity contribution >= 4 is 23.6 Å². The third kappa shape index (κ3) is 8.23. The van der Waals surface area contributed by atoms with Crippen LogP contribution >= 0.6 is 11.6 Å². The quantitative estimate of drug-likeness (QED) is 0.577. The average molecular weight is 447 g/mol. The van der Waals surface area contributed by atoms with Gasteiger partial charge in [-0.25, -0.2) is 4.79 Å². The van der Waals surface area contributed by atoms with Crippen molar-refractivity contribution in [1.82, 2.24) is 10.2 Å². The number of carbonyl (C=O) groups excluding carboxylic acids is 2. The Bertz CT molecular complexity index is 827. The minimum absolute atomic E-state index is 0.135. The molecule has 31 heavy (non-hydrogen) atoms. The minimum Gasteiger partial charge on any atom is -0.445 e. The summed E-state index contributed by atoms with van der Waals surface area (Å²) < 4.78 is 5.39. The monoisotopic (exact) mass is 446 g/mol. The number of aliphatic hydroxyl groups excluding tert-OH is 1. The summed E-state index contributed by atoms with van der Waals surface area (Å²) >= 11 is 5.92. The summed E-state index contributed by atoms with van der Waals surface area (Å²) in [6.45, 7) is 3.89. The third-order valence-corrected chi connectivity index (χ3v) is 5.17. The number of likely N-dealkylation sites (N-methyl/N-ethyl adjacent to an activating group) is 1. The van der Waals surface area contributed by atoms with Gasteiger partial charge in [-0.1, -0.05) is 67.9 Å². The maximum Gasteiger partial charge on any atom is 0.410 e. The van der Waals surface area contributed by atoms with Gasteiger partial charge in [0.2, 0.25) is 5.91 Å². The number of halogens is 1. The van der Waals surface area contributed by atoms with Gasteiger partial charge in [0.15, 0.2) is 0 Å². The number of nitrogens with zero attached hydrogens (tertiary/aromatic N) is 1. The fourth-order valence-corrected chi connectivity index (χ4v) is 3.33. The molecular weight excluding hydrogens is 416 g/mol. The molecule has 7 heteroatoms. The van der Waals surface area contributed by atoms with E-state index in [1.165, 1.54) is 4.90 Å². The van der Waals surface area contributed by atoms with Crippen molar-refractivity contribution in [2.45, 2.75) is 45.4 Å². The summed E-state index contributed by atoms with van der Waals surface area (Å²) in [6.07, 6.45) is 0.362. The molecule has 0 radical (unpaired) electrons. The summed E-state index contributed by atoms with van der Waals surface area (Å²) in [6, 6.07) is 15.4. The van der Waals surface area contributed by atoms with E-state index in [0.29, 0.717) is 17.9 Å². The fourth-order valence-electron chi connectivity index (χ4n) is 3.20. The predicted molar refractivity (Wildman–Crippen MR) is 122 cm³/mol. The lowest BCUT2D eigenvalue weighted by atomic mass is 10.0. The molecule has 0 saturated carbocycles. The van der Waals surface area contributed by atoms with E-state index < -0.39 is 18.2 Å². The van der Waals surface area contributed by atoms with Gasteiger partial charge in [0.25, 0.3) is 0 Å². The first-order valence-corrected chi connectivity index (χ1v) is 10.8. The second kappa shape index (κ2) is 12.3. The molecule has 0 saturated heterocycles. The van der Waals surface area contributed by atoms with Crippen LogP contribution in [-0.4, -0.2) is 47.7 Å². The zero-order chi connectivity index (χ0) is 22.8. The van der Waals surface area contributed by atoms with Crippen LogP contribution in [0.5, 0.6) is 0 Å². The third-order valence-electron chi connectivity index (χ3n) is 4.92. The lowest BCUT2D eigenvalue weighted by Crippen LogP contribution is -2.52. The van der Waals surface area contributed by atoms with Gasteiger partial charge in [-0.3, -0.25) is 9.69 Å². The van der Waals surface area contributed by atoms with E-state index in [-0.39, 0.29) is 25.0 Å². The molecule has 0 aliphatic carbocycles. The number of amides is 2. The van der Waals surface area contributed by atoms with Gasteiger partial charge in [-0.15, -0.1) is 0 Å². The van der Waals surface area contributed by atoms with Crippen molar-refractivity contribution < 1.29 is 19.4 Å². The Morgan fingerprint density at radius 1 is 1.06 bits per heavy atom. The van der Waals surface area contributed by atoms with E-state index in [1.54, 1.807) is 19.2 Å². The van der Waals surface area contributed by atoms with E-state index >= 15 is 0 Å². The largest absolute Gasteiger partial charge is 0.445 e. The summed E-state index contributed by atoms with van der Waals surface area (Å²) in [4.78, 5) is 26.9. The van der Waals surface area contributed by atoms with E-state index in [1.807, 2.05) is 56.3 Å². The predicted octanol–water partition coefficient (Wildman–Crippen LogP) is 4.04. The van der Waals surface area contributed by atoms with Crippen LogP contribution in [0, 0.1) is 5.92 Å². The average Bonchev–Trinajstić information content (AvgIpc) is 2.76.